The highest BCUT2D eigenvalue weighted by Crippen LogP contribution is 2.38. The molecular weight excluding hydrogens is 478 g/mol. The van der Waals surface area contributed by atoms with E-state index in [9.17, 15) is 13.9 Å². The Kier molecular flexibility index (Phi) is 7.15. The van der Waals surface area contributed by atoms with Crippen LogP contribution in [0, 0.1) is 6.92 Å². The molecule has 188 valence electrons. The molecule has 7 nitrogen and oxygen atoms in total. The van der Waals surface area contributed by atoms with Crippen molar-refractivity contribution in [3.05, 3.63) is 57.9 Å². The number of alkyl halides is 2. The second-order valence-electron chi connectivity index (χ2n) is 9.01. The first kappa shape index (κ1) is 25.5. The van der Waals surface area contributed by atoms with Crippen LogP contribution < -0.4 is 11.1 Å². The number of ether oxygens (including phenoxy) is 2. The van der Waals surface area contributed by atoms with Crippen LogP contribution >= 0.6 is 11.6 Å². The number of nitrogens with one attached hydrogen (secondary N) is 1. The third-order valence-electron chi connectivity index (χ3n) is 6.30. The van der Waals surface area contributed by atoms with Crippen LogP contribution in [0.15, 0.2) is 30.3 Å². The van der Waals surface area contributed by atoms with Gasteiger partial charge in [-0.25, -0.2) is 9.97 Å². The lowest BCUT2D eigenvalue weighted by atomic mass is 9.86. The van der Waals surface area contributed by atoms with Crippen molar-refractivity contribution in [2.45, 2.75) is 44.3 Å². The predicted octanol–water partition coefficient (Wildman–Crippen LogP) is 5.08. The number of aryl methyl sites for hydroxylation is 1. The molecule has 4 N–H and O–H groups in total. The average molecular weight is 507 g/mol. The van der Waals surface area contributed by atoms with E-state index < -0.39 is 24.2 Å². The molecule has 35 heavy (non-hydrogen) atoms. The van der Waals surface area contributed by atoms with Crippen molar-refractivity contribution in [2.24, 2.45) is 0 Å². The smallest absolute Gasteiger partial charge is 0.296 e. The first-order chi connectivity index (χ1) is 16.5. The third-order valence-corrected chi connectivity index (χ3v) is 6.59. The molecule has 1 fully saturated rings. The van der Waals surface area contributed by atoms with Crippen molar-refractivity contribution in [2.75, 3.05) is 38.0 Å². The summed E-state index contributed by atoms with van der Waals surface area (Å²) >= 11 is 6.59. The summed E-state index contributed by atoms with van der Waals surface area (Å²) in [6, 6.07) is 7.44. The van der Waals surface area contributed by atoms with Crippen molar-refractivity contribution < 1.29 is 23.4 Å². The standard InChI is InChI=1S/C25H29ClF2N4O3/c1-14(16-8-18(10-19(29)9-16)25(27,28)13-34-3)30-23-20-11-17(24(33)4-6-35-7-5-24)12-21(26)22(20)31-15(2)32-23/h8-12,14,33H,4-7,13,29H2,1-3H3,(H,30,31,32)/t14-/m1/s1. The molecule has 0 unspecified atom stereocenters. The molecule has 2 aromatic carbocycles. The third kappa shape index (κ3) is 5.33. The van der Waals surface area contributed by atoms with E-state index in [1.165, 1.54) is 19.2 Å². The lowest BCUT2D eigenvalue weighted by Gasteiger charge is -2.33. The molecule has 1 saturated heterocycles. The second kappa shape index (κ2) is 9.81. The summed E-state index contributed by atoms with van der Waals surface area (Å²) in [7, 11) is 1.23. The summed E-state index contributed by atoms with van der Waals surface area (Å²) in [6.07, 6.45) is 0.894. The normalized spacial score (nSPS) is 16.9. The Bertz CT molecular complexity index is 1240. The van der Waals surface area contributed by atoms with Crippen LogP contribution in [0.5, 0.6) is 0 Å². The molecule has 0 amide bonds. The van der Waals surface area contributed by atoms with Gasteiger partial charge in [0.15, 0.2) is 0 Å². The van der Waals surface area contributed by atoms with E-state index in [-0.39, 0.29) is 11.3 Å². The SMILES string of the molecule is COCC(F)(F)c1cc(N)cc([C@@H](C)Nc2nc(C)nc3c(Cl)cc(C4(O)CCOCC4)cc23)c1. The molecular formula is C25H29ClF2N4O3. The molecule has 1 aliphatic heterocycles. The summed E-state index contributed by atoms with van der Waals surface area (Å²) < 4.78 is 39.1. The molecule has 10 heteroatoms. The van der Waals surface area contributed by atoms with Crippen LogP contribution in [-0.4, -0.2) is 42.0 Å². The zero-order valence-corrected chi connectivity index (χ0v) is 20.6. The van der Waals surface area contributed by atoms with E-state index in [0.717, 1.165) is 0 Å². The summed E-state index contributed by atoms with van der Waals surface area (Å²) in [5, 5.41) is 15.5. The Labute approximate surface area is 207 Å². The van der Waals surface area contributed by atoms with Crippen molar-refractivity contribution in [1.82, 2.24) is 9.97 Å². The number of methoxy groups -OCH3 is 1. The Balaban J connectivity index is 1.74. The van der Waals surface area contributed by atoms with E-state index in [1.54, 1.807) is 19.1 Å². The molecule has 4 rings (SSSR count). The van der Waals surface area contributed by atoms with E-state index in [4.69, 9.17) is 22.1 Å². The second-order valence-corrected chi connectivity index (χ2v) is 9.42. The highest BCUT2D eigenvalue weighted by Gasteiger charge is 2.34. The molecule has 0 aliphatic carbocycles. The quantitative estimate of drug-likeness (QED) is 0.384. The molecule has 1 aromatic heterocycles. The van der Waals surface area contributed by atoms with Crippen molar-refractivity contribution in [3.8, 4) is 0 Å². The predicted molar refractivity (Wildman–Crippen MR) is 132 cm³/mol. The maximum atomic E-state index is 14.5. The highest BCUT2D eigenvalue weighted by molar-refractivity contribution is 6.35. The number of nitrogen functional groups attached to an aromatic ring is 1. The minimum atomic E-state index is -3.18. The number of aromatic nitrogens is 2. The van der Waals surface area contributed by atoms with Gasteiger partial charge in [-0.05, 0) is 55.3 Å². The number of aliphatic hydroxyl groups is 1. The maximum Gasteiger partial charge on any atom is 0.296 e. The van der Waals surface area contributed by atoms with Gasteiger partial charge in [-0.3, -0.25) is 0 Å². The Morgan fingerprint density at radius 2 is 1.94 bits per heavy atom. The first-order valence-corrected chi connectivity index (χ1v) is 11.7. The van der Waals surface area contributed by atoms with Crippen LogP contribution in [0.4, 0.5) is 20.3 Å². The van der Waals surface area contributed by atoms with Gasteiger partial charge in [-0.1, -0.05) is 11.6 Å². The van der Waals surface area contributed by atoms with Gasteiger partial charge in [0.2, 0.25) is 0 Å². The molecule has 0 radical (unpaired) electrons. The summed E-state index contributed by atoms with van der Waals surface area (Å²) in [4.78, 5) is 9.04. The lowest BCUT2D eigenvalue weighted by molar-refractivity contribution is -0.0698. The topological polar surface area (TPSA) is 103 Å². The fourth-order valence-electron chi connectivity index (χ4n) is 4.37. The first-order valence-electron chi connectivity index (χ1n) is 11.4. The van der Waals surface area contributed by atoms with Crippen molar-refractivity contribution >= 4 is 34.0 Å². The number of nitrogens with zero attached hydrogens (tertiary/aromatic N) is 2. The van der Waals surface area contributed by atoms with Gasteiger partial charge in [0, 0.05) is 49.8 Å². The summed E-state index contributed by atoms with van der Waals surface area (Å²) in [6.45, 7) is 3.72. The number of fused-ring (bicyclic) bond motifs is 1. The van der Waals surface area contributed by atoms with Gasteiger partial charge < -0.3 is 25.6 Å². The Morgan fingerprint density at radius 3 is 2.63 bits per heavy atom. The molecule has 2 heterocycles. The van der Waals surface area contributed by atoms with Gasteiger partial charge >= 0.3 is 0 Å². The van der Waals surface area contributed by atoms with Crippen LogP contribution in [0.2, 0.25) is 5.02 Å². The number of benzene rings is 2. The van der Waals surface area contributed by atoms with Gasteiger partial charge in [-0.15, -0.1) is 0 Å². The average Bonchev–Trinajstić information content (AvgIpc) is 2.79. The number of nitrogens with two attached hydrogens (primary N) is 1. The Morgan fingerprint density at radius 1 is 1.23 bits per heavy atom. The minimum absolute atomic E-state index is 0.220. The van der Waals surface area contributed by atoms with Crippen LogP contribution in [0.1, 0.15) is 48.3 Å². The fourth-order valence-corrected chi connectivity index (χ4v) is 4.63. The number of hydrogen-bond acceptors (Lipinski definition) is 7. The molecule has 0 bridgehead atoms. The Hall–Kier alpha value is -2.59. The number of anilines is 2. The summed E-state index contributed by atoms with van der Waals surface area (Å²) in [5.41, 5.74) is 6.63. The van der Waals surface area contributed by atoms with E-state index in [1.807, 2.05) is 13.0 Å². The van der Waals surface area contributed by atoms with Gasteiger partial charge in [-0.2, -0.15) is 8.78 Å². The number of halogens is 3. The van der Waals surface area contributed by atoms with E-state index in [0.29, 0.717) is 64.8 Å². The minimum Gasteiger partial charge on any atom is -0.399 e. The van der Waals surface area contributed by atoms with E-state index in [2.05, 4.69) is 20.0 Å². The van der Waals surface area contributed by atoms with Gasteiger partial charge in [0.25, 0.3) is 5.92 Å². The molecule has 1 aliphatic rings. The lowest BCUT2D eigenvalue weighted by Crippen LogP contribution is -2.33. The number of rotatable bonds is 7. The van der Waals surface area contributed by atoms with Crippen LogP contribution in [-0.2, 0) is 21.0 Å². The van der Waals surface area contributed by atoms with Gasteiger partial charge in [0.1, 0.15) is 18.2 Å². The van der Waals surface area contributed by atoms with Crippen molar-refractivity contribution in [1.29, 1.82) is 0 Å². The monoisotopic (exact) mass is 506 g/mol. The largest absolute Gasteiger partial charge is 0.399 e. The summed E-state index contributed by atoms with van der Waals surface area (Å²) in [5.74, 6) is -2.21. The highest BCUT2D eigenvalue weighted by atomic mass is 35.5. The maximum absolute atomic E-state index is 14.5. The molecule has 0 saturated carbocycles. The molecule has 3 aromatic rings. The zero-order valence-electron chi connectivity index (χ0n) is 19.9. The molecule has 1 atom stereocenters. The van der Waals surface area contributed by atoms with Crippen LogP contribution in [0.3, 0.4) is 0 Å². The zero-order chi connectivity index (χ0) is 25.4. The van der Waals surface area contributed by atoms with Crippen LogP contribution in [0.25, 0.3) is 10.9 Å². The van der Waals surface area contributed by atoms with E-state index >= 15 is 0 Å². The molecule has 0 spiro atoms. The van der Waals surface area contributed by atoms with Gasteiger partial charge in [0.05, 0.1) is 22.2 Å². The van der Waals surface area contributed by atoms with Crippen molar-refractivity contribution in [3.63, 3.8) is 0 Å². The number of hydrogen-bond donors (Lipinski definition) is 3. The fraction of sp³-hybridized carbons (Fsp3) is 0.440.